The maximum Gasteiger partial charge on any atom is 0.258 e. The summed E-state index contributed by atoms with van der Waals surface area (Å²) in [6.07, 6.45) is 3.92. The molecule has 0 aromatic carbocycles. The predicted molar refractivity (Wildman–Crippen MR) is 66.1 cm³/mol. The highest BCUT2D eigenvalue weighted by Gasteiger charge is 2.10. The molecule has 0 amide bonds. The summed E-state index contributed by atoms with van der Waals surface area (Å²) in [6.45, 7) is 2.92. The van der Waals surface area contributed by atoms with Gasteiger partial charge in [-0.3, -0.25) is 5.43 Å². The van der Waals surface area contributed by atoms with Gasteiger partial charge in [-0.05, 0) is 6.42 Å². The van der Waals surface area contributed by atoms with Crippen molar-refractivity contribution in [3.05, 3.63) is 12.7 Å². The third-order valence-corrected chi connectivity index (χ3v) is 2.27. The number of nitrogens with zero attached hydrogens (tertiary/aromatic N) is 7. The second kappa shape index (κ2) is 5.36. The Labute approximate surface area is 104 Å². The topological polar surface area (TPSA) is 111 Å². The van der Waals surface area contributed by atoms with Crippen LogP contribution in [0, 0.1) is 0 Å². The minimum absolute atomic E-state index is 0.286. The van der Waals surface area contributed by atoms with Gasteiger partial charge in [-0.15, -0.1) is 0 Å². The Hall–Kier alpha value is -2.29. The van der Waals surface area contributed by atoms with Gasteiger partial charge in [-0.1, -0.05) is 6.92 Å². The van der Waals surface area contributed by atoms with Crippen molar-refractivity contribution in [3.8, 4) is 5.95 Å². The zero-order valence-electron chi connectivity index (χ0n) is 10.3. The summed E-state index contributed by atoms with van der Waals surface area (Å²) in [7, 11) is 1.91. The molecule has 2 heterocycles. The van der Waals surface area contributed by atoms with Crippen LogP contribution in [0.25, 0.3) is 5.95 Å². The predicted octanol–water partition coefficient (Wildman–Crippen LogP) is -0.416. The van der Waals surface area contributed by atoms with Crippen molar-refractivity contribution in [1.82, 2.24) is 29.7 Å². The molecule has 0 saturated heterocycles. The molecule has 96 valence electrons. The van der Waals surface area contributed by atoms with Crippen LogP contribution >= 0.6 is 0 Å². The highest BCUT2D eigenvalue weighted by molar-refractivity contribution is 5.38. The summed E-state index contributed by atoms with van der Waals surface area (Å²) >= 11 is 0. The molecule has 2 aromatic rings. The maximum atomic E-state index is 5.35. The van der Waals surface area contributed by atoms with Gasteiger partial charge in [0, 0.05) is 13.6 Å². The van der Waals surface area contributed by atoms with E-state index < -0.39 is 0 Å². The Morgan fingerprint density at radius 1 is 1.39 bits per heavy atom. The molecule has 9 nitrogen and oxygen atoms in total. The third kappa shape index (κ3) is 2.51. The van der Waals surface area contributed by atoms with E-state index in [1.807, 2.05) is 11.9 Å². The first kappa shape index (κ1) is 12.2. The Balaban J connectivity index is 2.39. The number of hydrogen-bond donors (Lipinski definition) is 2. The van der Waals surface area contributed by atoms with Gasteiger partial charge >= 0.3 is 0 Å². The van der Waals surface area contributed by atoms with Crippen LogP contribution in [-0.4, -0.2) is 43.3 Å². The van der Waals surface area contributed by atoms with Crippen LogP contribution in [0.2, 0.25) is 0 Å². The van der Waals surface area contributed by atoms with Gasteiger partial charge < -0.3 is 4.90 Å². The summed E-state index contributed by atoms with van der Waals surface area (Å²) in [6, 6.07) is 0. The van der Waals surface area contributed by atoms with Crippen LogP contribution in [-0.2, 0) is 0 Å². The lowest BCUT2D eigenvalue weighted by Gasteiger charge is -2.16. The molecule has 0 spiro atoms. The average molecular weight is 249 g/mol. The average Bonchev–Trinajstić information content (AvgIpc) is 2.92. The molecule has 0 bridgehead atoms. The smallest absolute Gasteiger partial charge is 0.258 e. The van der Waals surface area contributed by atoms with E-state index in [9.17, 15) is 0 Å². The van der Waals surface area contributed by atoms with Gasteiger partial charge in [-0.2, -0.15) is 24.7 Å². The Kier molecular flexibility index (Phi) is 3.63. The molecule has 0 radical (unpaired) electrons. The quantitative estimate of drug-likeness (QED) is 0.543. The number of aromatic nitrogens is 6. The van der Waals surface area contributed by atoms with Gasteiger partial charge in [0.2, 0.25) is 11.9 Å². The van der Waals surface area contributed by atoms with E-state index in [1.54, 1.807) is 0 Å². The van der Waals surface area contributed by atoms with Crippen LogP contribution in [0.1, 0.15) is 13.3 Å². The normalized spacial score (nSPS) is 10.4. The molecule has 2 rings (SSSR count). The van der Waals surface area contributed by atoms with Crippen molar-refractivity contribution < 1.29 is 0 Å². The van der Waals surface area contributed by atoms with Crippen molar-refractivity contribution in [3.63, 3.8) is 0 Å². The molecule has 0 aliphatic rings. The number of nitrogen functional groups attached to an aromatic ring is 1. The fourth-order valence-electron chi connectivity index (χ4n) is 1.44. The molecule has 18 heavy (non-hydrogen) atoms. The van der Waals surface area contributed by atoms with Gasteiger partial charge in [0.05, 0.1) is 0 Å². The zero-order valence-corrected chi connectivity index (χ0v) is 10.3. The molecule has 0 aliphatic heterocycles. The minimum atomic E-state index is 0.286. The van der Waals surface area contributed by atoms with Crippen LogP contribution in [0.5, 0.6) is 0 Å². The zero-order chi connectivity index (χ0) is 13.0. The summed E-state index contributed by atoms with van der Waals surface area (Å²) in [5.74, 6) is 6.54. The van der Waals surface area contributed by atoms with E-state index in [0.29, 0.717) is 11.9 Å². The summed E-state index contributed by atoms with van der Waals surface area (Å²) < 4.78 is 1.45. The second-order valence-electron chi connectivity index (χ2n) is 3.66. The molecule has 0 atom stereocenters. The molecule has 0 unspecified atom stereocenters. The molecule has 0 fully saturated rings. The van der Waals surface area contributed by atoms with Crippen molar-refractivity contribution in [2.75, 3.05) is 23.9 Å². The number of hydrazine groups is 1. The van der Waals surface area contributed by atoms with Gasteiger partial charge in [0.1, 0.15) is 12.7 Å². The van der Waals surface area contributed by atoms with Crippen molar-refractivity contribution in [2.24, 2.45) is 5.84 Å². The fraction of sp³-hybridized carbons (Fsp3) is 0.444. The van der Waals surface area contributed by atoms with E-state index in [2.05, 4.69) is 37.4 Å². The fourth-order valence-corrected chi connectivity index (χ4v) is 1.44. The molecular weight excluding hydrogens is 234 g/mol. The minimum Gasteiger partial charge on any atom is -0.344 e. The standard InChI is InChI=1S/C9H15N9/c1-3-4-17(2)8-13-7(16-10)14-9(15-8)18-6-11-5-12-18/h5-6H,3-4,10H2,1-2H3,(H,13,14,15,16). The summed E-state index contributed by atoms with van der Waals surface area (Å²) in [4.78, 5) is 18.4. The Morgan fingerprint density at radius 2 is 2.22 bits per heavy atom. The lowest BCUT2D eigenvalue weighted by atomic mass is 10.4. The van der Waals surface area contributed by atoms with Gasteiger partial charge in [0.15, 0.2) is 0 Å². The first-order valence-corrected chi connectivity index (χ1v) is 5.53. The molecule has 0 aliphatic carbocycles. The lowest BCUT2D eigenvalue weighted by Crippen LogP contribution is -2.23. The van der Waals surface area contributed by atoms with Crippen molar-refractivity contribution in [1.29, 1.82) is 0 Å². The lowest BCUT2D eigenvalue weighted by molar-refractivity contribution is 0.764. The monoisotopic (exact) mass is 249 g/mol. The number of rotatable bonds is 5. The first-order valence-electron chi connectivity index (χ1n) is 5.53. The summed E-state index contributed by atoms with van der Waals surface area (Å²) in [5, 5.41) is 3.97. The van der Waals surface area contributed by atoms with Crippen molar-refractivity contribution >= 4 is 11.9 Å². The Morgan fingerprint density at radius 3 is 2.83 bits per heavy atom. The number of nitrogens with one attached hydrogen (secondary N) is 1. The molecule has 3 N–H and O–H groups in total. The third-order valence-electron chi connectivity index (χ3n) is 2.27. The number of hydrogen-bond acceptors (Lipinski definition) is 8. The van der Waals surface area contributed by atoms with E-state index in [1.165, 1.54) is 17.3 Å². The second-order valence-corrected chi connectivity index (χ2v) is 3.66. The molecular formula is C9H15N9. The van der Waals surface area contributed by atoms with E-state index >= 15 is 0 Å². The van der Waals surface area contributed by atoms with Gasteiger partial charge in [0.25, 0.3) is 5.95 Å². The Bertz CT molecular complexity index is 495. The van der Waals surface area contributed by atoms with E-state index in [0.717, 1.165) is 13.0 Å². The van der Waals surface area contributed by atoms with Gasteiger partial charge in [-0.25, -0.2) is 10.8 Å². The maximum absolute atomic E-state index is 5.35. The number of anilines is 2. The first-order chi connectivity index (χ1) is 8.74. The summed E-state index contributed by atoms with van der Waals surface area (Å²) in [5.41, 5.74) is 2.42. The largest absolute Gasteiger partial charge is 0.344 e. The van der Waals surface area contributed by atoms with Crippen molar-refractivity contribution in [2.45, 2.75) is 13.3 Å². The molecule has 9 heteroatoms. The highest BCUT2D eigenvalue weighted by atomic mass is 15.4. The van der Waals surface area contributed by atoms with E-state index in [4.69, 9.17) is 5.84 Å². The van der Waals surface area contributed by atoms with Crippen LogP contribution in [0.3, 0.4) is 0 Å². The number of nitrogens with two attached hydrogens (primary N) is 1. The highest BCUT2D eigenvalue weighted by Crippen LogP contribution is 2.10. The SMILES string of the molecule is CCCN(C)c1nc(NN)nc(-n2cncn2)n1. The van der Waals surface area contributed by atoms with Crippen LogP contribution in [0.15, 0.2) is 12.7 Å². The molecule has 0 saturated carbocycles. The van der Waals surface area contributed by atoms with E-state index in [-0.39, 0.29) is 5.95 Å². The van der Waals surface area contributed by atoms with Crippen LogP contribution < -0.4 is 16.2 Å². The van der Waals surface area contributed by atoms with Crippen LogP contribution in [0.4, 0.5) is 11.9 Å². The molecule has 2 aromatic heterocycles.